The Morgan fingerprint density at radius 2 is 1.81 bits per heavy atom. The number of hydrogen-bond acceptors (Lipinski definition) is 6. The molecule has 3 N–H and O–H groups in total. The predicted molar refractivity (Wildman–Crippen MR) is 119 cm³/mol. The van der Waals surface area contributed by atoms with Gasteiger partial charge in [-0.05, 0) is 59.5 Å². The van der Waals surface area contributed by atoms with Gasteiger partial charge < -0.3 is 20.5 Å². The second-order valence-electron chi connectivity index (χ2n) is 7.39. The van der Waals surface area contributed by atoms with Crippen LogP contribution in [-0.2, 0) is 11.2 Å². The number of nitrogens with zero attached hydrogens (tertiary/aromatic N) is 1. The molecule has 1 aliphatic heterocycles. The molecule has 0 spiro atoms. The van der Waals surface area contributed by atoms with Crippen molar-refractivity contribution in [2.24, 2.45) is 0 Å². The number of nitrogens with one attached hydrogen (secondary N) is 2. The van der Waals surface area contributed by atoms with Crippen LogP contribution in [0.5, 0.6) is 5.75 Å². The van der Waals surface area contributed by atoms with Crippen LogP contribution in [0.4, 0.5) is 22.7 Å². The summed E-state index contributed by atoms with van der Waals surface area (Å²) in [6.45, 7) is 1.77. The number of rotatable bonds is 5. The number of ether oxygens (including phenoxy) is 1. The number of benzene rings is 3. The SMILES string of the molecule is COc1cc(-c2ccc3c(c2)Nc2ccc(CC(=O)O)cc2NC3=O)c(C)cc1[N+](=O)[O-]. The third-order valence-corrected chi connectivity index (χ3v) is 5.25. The lowest BCUT2D eigenvalue weighted by molar-refractivity contribution is -0.385. The number of methoxy groups -OCH3 is 1. The number of amides is 1. The number of hydrogen-bond donors (Lipinski definition) is 3. The molecule has 162 valence electrons. The quantitative estimate of drug-likeness (QED) is 0.398. The van der Waals surface area contributed by atoms with E-state index >= 15 is 0 Å². The van der Waals surface area contributed by atoms with Crippen LogP contribution in [0.3, 0.4) is 0 Å². The molecule has 0 aromatic heterocycles. The van der Waals surface area contributed by atoms with Crippen LogP contribution in [0.25, 0.3) is 11.1 Å². The van der Waals surface area contributed by atoms with E-state index in [-0.39, 0.29) is 23.8 Å². The molecule has 0 unspecified atom stereocenters. The fourth-order valence-electron chi connectivity index (χ4n) is 3.73. The molecule has 4 rings (SSSR count). The van der Waals surface area contributed by atoms with E-state index in [0.717, 1.165) is 11.1 Å². The second-order valence-corrected chi connectivity index (χ2v) is 7.39. The fourth-order valence-corrected chi connectivity index (χ4v) is 3.73. The van der Waals surface area contributed by atoms with Gasteiger partial charge in [0.15, 0.2) is 5.75 Å². The molecule has 3 aromatic carbocycles. The third kappa shape index (κ3) is 3.83. The maximum atomic E-state index is 12.8. The largest absolute Gasteiger partial charge is 0.490 e. The number of carbonyl (C=O) groups is 2. The van der Waals surface area contributed by atoms with Crippen LogP contribution in [0.1, 0.15) is 21.5 Å². The Morgan fingerprint density at radius 1 is 1.03 bits per heavy atom. The number of carbonyl (C=O) groups excluding carboxylic acids is 1. The molecule has 0 radical (unpaired) electrons. The first-order chi connectivity index (χ1) is 15.3. The first-order valence-electron chi connectivity index (χ1n) is 9.67. The van der Waals surface area contributed by atoms with Gasteiger partial charge in [0.25, 0.3) is 5.91 Å². The molecule has 0 aliphatic carbocycles. The van der Waals surface area contributed by atoms with E-state index in [2.05, 4.69) is 10.6 Å². The third-order valence-electron chi connectivity index (χ3n) is 5.25. The molecule has 3 aromatic rings. The molecule has 0 saturated heterocycles. The van der Waals surface area contributed by atoms with E-state index in [1.165, 1.54) is 13.2 Å². The number of nitro benzene ring substituents is 1. The molecule has 9 nitrogen and oxygen atoms in total. The minimum Gasteiger partial charge on any atom is -0.490 e. The molecule has 1 heterocycles. The van der Waals surface area contributed by atoms with Crippen molar-refractivity contribution in [2.75, 3.05) is 17.7 Å². The summed E-state index contributed by atoms with van der Waals surface area (Å²) < 4.78 is 5.20. The van der Waals surface area contributed by atoms with Gasteiger partial charge in [-0.15, -0.1) is 0 Å². The highest BCUT2D eigenvalue weighted by Gasteiger charge is 2.22. The predicted octanol–water partition coefficient (Wildman–Crippen LogP) is 4.52. The van der Waals surface area contributed by atoms with E-state index < -0.39 is 10.9 Å². The van der Waals surface area contributed by atoms with Crippen molar-refractivity contribution >= 4 is 34.6 Å². The van der Waals surface area contributed by atoms with Crippen molar-refractivity contribution < 1.29 is 24.4 Å². The highest BCUT2D eigenvalue weighted by atomic mass is 16.6. The summed E-state index contributed by atoms with van der Waals surface area (Å²) in [7, 11) is 1.37. The summed E-state index contributed by atoms with van der Waals surface area (Å²) >= 11 is 0. The van der Waals surface area contributed by atoms with Crippen LogP contribution in [0, 0.1) is 17.0 Å². The zero-order valence-electron chi connectivity index (χ0n) is 17.3. The summed E-state index contributed by atoms with van der Waals surface area (Å²) in [4.78, 5) is 34.6. The maximum Gasteiger partial charge on any atom is 0.311 e. The van der Waals surface area contributed by atoms with E-state index in [1.54, 1.807) is 49.4 Å². The van der Waals surface area contributed by atoms with Gasteiger partial charge in [-0.2, -0.15) is 0 Å². The molecular formula is C23H19N3O6. The number of carboxylic acid groups (broad SMARTS) is 1. The van der Waals surface area contributed by atoms with Gasteiger partial charge in [-0.3, -0.25) is 19.7 Å². The fraction of sp³-hybridized carbons (Fsp3) is 0.130. The Balaban J connectivity index is 1.77. The molecule has 32 heavy (non-hydrogen) atoms. The van der Waals surface area contributed by atoms with Crippen LogP contribution in [0.15, 0.2) is 48.5 Å². The second kappa shape index (κ2) is 8.03. The molecule has 1 amide bonds. The zero-order valence-corrected chi connectivity index (χ0v) is 17.3. The molecule has 9 heteroatoms. The number of anilines is 3. The topological polar surface area (TPSA) is 131 Å². The number of nitro groups is 1. The summed E-state index contributed by atoms with van der Waals surface area (Å²) in [5.41, 5.74) is 4.71. The first-order valence-corrected chi connectivity index (χ1v) is 9.67. The number of carboxylic acids is 1. The first kappa shape index (κ1) is 20.9. The molecular weight excluding hydrogens is 414 g/mol. The molecule has 1 aliphatic rings. The van der Waals surface area contributed by atoms with Crippen molar-refractivity contribution in [3.05, 3.63) is 75.3 Å². The number of aliphatic carboxylic acids is 1. The smallest absolute Gasteiger partial charge is 0.311 e. The Labute approximate surface area is 182 Å². The van der Waals surface area contributed by atoms with Crippen molar-refractivity contribution in [3.8, 4) is 16.9 Å². The summed E-state index contributed by atoms with van der Waals surface area (Å²) in [6, 6.07) is 13.3. The minimum atomic E-state index is -0.959. The highest BCUT2D eigenvalue weighted by molar-refractivity contribution is 6.12. The summed E-state index contributed by atoms with van der Waals surface area (Å²) in [6.07, 6.45) is -0.151. The zero-order chi connectivity index (χ0) is 23.0. The lowest BCUT2D eigenvalue weighted by atomic mass is 9.97. The van der Waals surface area contributed by atoms with Crippen molar-refractivity contribution in [2.45, 2.75) is 13.3 Å². The Bertz CT molecular complexity index is 1280. The van der Waals surface area contributed by atoms with E-state index in [1.807, 2.05) is 0 Å². The van der Waals surface area contributed by atoms with E-state index in [4.69, 9.17) is 9.84 Å². The molecule has 0 bridgehead atoms. The number of aryl methyl sites for hydroxylation is 1. The summed E-state index contributed by atoms with van der Waals surface area (Å²) in [5, 5.41) is 26.3. The Hall–Kier alpha value is -4.40. The minimum absolute atomic E-state index is 0.118. The average Bonchev–Trinajstić information content (AvgIpc) is 2.88. The van der Waals surface area contributed by atoms with Gasteiger partial charge in [0.05, 0.1) is 41.1 Å². The molecule has 0 fully saturated rings. The van der Waals surface area contributed by atoms with E-state index in [9.17, 15) is 19.7 Å². The standard InChI is InChI=1S/C23H19N3O6/c1-12-7-20(26(30)31)21(32-2)11-16(12)14-4-5-15-18(10-14)24-17-6-3-13(9-22(27)28)8-19(17)25-23(15)29/h3-8,10-11,24H,9H2,1-2H3,(H,25,29)(H,27,28). The van der Waals surface area contributed by atoms with Crippen molar-refractivity contribution in [1.82, 2.24) is 0 Å². The Morgan fingerprint density at radius 3 is 2.50 bits per heavy atom. The van der Waals surface area contributed by atoms with Crippen molar-refractivity contribution in [1.29, 1.82) is 0 Å². The van der Waals surface area contributed by atoms with Crippen LogP contribution < -0.4 is 15.4 Å². The molecule has 0 atom stereocenters. The normalized spacial score (nSPS) is 12.0. The average molecular weight is 433 g/mol. The van der Waals surface area contributed by atoms with Crippen LogP contribution in [-0.4, -0.2) is 29.0 Å². The van der Waals surface area contributed by atoms with E-state index in [0.29, 0.717) is 33.8 Å². The van der Waals surface area contributed by atoms with Gasteiger partial charge in [0, 0.05) is 6.07 Å². The maximum absolute atomic E-state index is 12.8. The van der Waals surface area contributed by atoms with Gasteiger partial charge in [0.1, 0.15) is 0 Å². The monoisotopic (exact) mass is 433 g/mol. The lowest BCUT2D eigenvalue weighted by Gasteiger charge is -2.13. The van der Waals surface area contributed by atoms with Crippen LogP contribution in [0.2, 0.25) is 0 Å². The highest BCUT2D eigenvalue weighted by Crippen LogP contribution is 2.39. The van der Waals surface area contributed by atoms with Crippen LogP contribution >= 0.6 is 0 Å². The summed E-state index contributed by atoms with van der Waals surface area (Å²) in [5.74, 6) is -1.14. The van der Waals surface area contributed by atoms with Gasteiger partial charge in [0.2, 0.25) is 0 Å². The van der Waals surface area contributed by atoms with Gasteiger partial charge in [-0.1, -0.05) is 12.1 Å². The number of fused-ring (bicyclic) bond motifs is 2. The lowest BCUT2D eigenvalue weighted by Crippen LogP contribution is -2.11. The van der Waals surface area contributed by atoms with Crippen molar-refractivity contribution in [3.63, 3.8) is 0 Å². The van der Waals surface area contributed by atoms with Gasteiger partial charge >= 0.3 is 11.7 Å². The van der Waals surface area contributed by atoms with Gasteiger partial charge in [-0.25, -0.2) is 0 Å². The Kier molecular flexibility index (Phi) is 5.23. The molecule has 0 saturated carbocycles.